The summed E-state index contributed by atoms with van der Waals surface area (Å²) in [5.74, 6) is -3.54. The van der Waals surface area contributed by atoms with Gasteiger partial charge in [0, 0.05) is 20.8 Å². The number of aliphatic hydroxyl groups is 4. The van der Waals surface area contributed by atoms with Gasteiger partial charge in [0.25, 0.3) is 0 Å². The SMILES string of the molecule is CC(=O)N[C@@H]1[C@@H](O[C@@H]2O[C@H](C(=O)O)[C@@H](O)[C@H](NC(C)=O)[C@H]2NC(C)=O)[C@H](O)[C@@H](CO)O[C@@H]1O. The first-order chi connectivity index (χ1) is 15.4. The minimum atomic E-state index is -1.91. The molecule has 0 unspecified atom stereocenters. The molecule has 0 saturated carbocycles. The van der Waals surface area contributed by atoms with Crippen LogP contribution in [0.1, 0.15) is 20.8 Å². The predicted octanol–water partition coefficient (Wildman–Crippen LogP) is -4.87. The summed E-state index contributed by atoms with van der Waals surface area (Å²) < 4.78 is 16.2. The molecule has 33 heavy (non-hydrogen) atoms. The maximum Gasteiger partial charge on any atom is 0.335 e. The first-order valence-corrected chi connectivity index (χ1v) is 10.0. The largest absolute Gasteiger partial charge is 0.479 e. The van der Waals surface area contributed by atoms with E-state index in [4.69, 9.17) is 14.2 Å². The van der Waals surface area contributed by atoms with Crippen molar-refractivity contribution in [1.29, 1.82) is 0 Å². The number of carbonyl (C=O) groups excluding carboxylic acids is 3. The summed E-state index contributed by atoms with van der Waals surface area (Å²) in [6.07, 6.45) is -11.7. The van der Waals surface area contributed by atoms with Crippen LogP contribution in [0.2, 0.25) is 0 Å². The zero-order chi connectivity index (χ0) is 25.0. The van der Waals surface area contributed by atoms with E-state index < -0.39 is 91.5 Å². The van der Waals surface area contributed by atoms with Gasteiger partial charge in [-0.25, -0.2) is 4.79 Å². The average molecular weight is 479 g/mol. The van der Waals surface area contributed by atoms with Crippen LogP contribution < -0.4 is 16.0 Å². The highest BCUT2D eigenvalue weighted by atomic mass is 16.7. The molecule has 2 fully saturated rings. The quantitative estimate of drug-likeness (QED) is 0.172. The molecule has 0 aromatic rings. The minimum absolute atomic E-state index is 0.635. The van der Waals surface area contributed by atoms with Gasteiger partial charge in [-0.1, -0.05) is 0 Å². The lowest BCUT2D eigenvalue weighted by Gasteiger charge is -2.48. The van der Waals surface area contributed by atoms with E-state index in [1.54, 1.807) is 0 Å². The predicted molar refractivity (Wildman–Crippen MR) is 104 cm³/mol. The Hall–Kier alpha value is -2.40. The fourth-order valence-electron chi connectivity index (χ4n) is 3.79. The van der Waals surface area contributed by atoms with Crippen molar-refractivity contribution in [2.45, 2.75) is 82.0 Å². The number of carboxylic acids is 1. The molecule has 0 radical (unpaired) electrons. The van der Waals surface area contributed by atoms with E-state index in [0.717, 1.165) is 20.8 Å². The van der Waals surface area contributed by atoms with E-state index in [0.29, 0.717) is 0 Å². The number of aliphatic carboxylic acids is 1. The molecule has 2 aliphatic heterocycles. The average Bonchev–Trinajstić information content (AvgIpc) is 2.70. The number of rotatable bonds is 7. The van der Waals surface area contributed by atoms with Crippen molar-refractivity contribution in [3.05, 3.63) is 0 Å². The lowest BCUT2D eigenvalue weighted by Crippen LogP contribution is -2.72. The lowest BCUT2D eigenvalue weighted by molar-refractivity contribution is -0.312. The summed E-state index contributed by atoms with van der Waals surface area (Å²) in [5, 5.41) is 57.3. The van der Waals surface area contributed by atoms with Crippen molar-refractivity contribution in [2.75, 3.05) is 6.61 Å². The van der Waals surface area contributed by atoms with E-state index in [1.807, 2.05) is 0 Å². The van der Waals surface area contributed by atoms with Crippen molar-refractivity contribution < 1.29 is 58.9 Å². The van der Waals surface area contributed by atoms with Gasteiger partial charge in [-0.05, 0) is 0 Å². The number of hydrogen-bond donors (Lipinski definition) is 8. The first kappa shape index (κ1) is 26.8. The van der Waals surface area contributed by atoms with Crippen molar-refractivity contribution in [2.24, 2.45) is 0 Å². The molecule has 2 rings (SSSR count). The number of carbonyl (C=O) groups is 4. The maximum absolute atomic E-state index is 11.8. The van der Waals surface area contributed by atoms with Gasteiger partial charge in [-0.15, -0.1) is 0 Å². The summed E-state index contributed by atoms with van der Waals surface area (Å²) in [6.45, 7) is 2.61. The highest BCUT2D eigenvalue weighted by Crippen LogP contribution is 2.29. The second kappa shape index (κ2) is 11.1. The Morgan fingerprint density at radius 2 is 1.33 bits per heavy atom. The minimum Gasteiger partial charge on any atom is -0.479 e. The van der Waals surface area contributed by atoms with Gasteiger partial charge in [0.1, 0.15) is 36.5 Å². The van der Waals surface area contributed by atoms with Crippen LogP contribution in [0.3, 0.4) is 0 Å². The van der Waals surface area contributed by atoms with E-state index in [2.05, 4.69) is 16.0 Å². The molecule has 3 amide bonds. The van der Waals surface area contributed by atoms with Crippen LogP contribution in [-0.4, -0.2) is 117 Å². The van der Waals surface area contributed by atoms with Crippen molar-refractivity contribution in [3.63, 3.8) is 0 Å². The molecular formula is C18H29N3O12. The number of carboxylic acid groups (broad SMARTS) is 1. The maximum atomic E-state index is 11.8. The third-order valence-corrected chi connectivity index (χ3v) is 5.16. The normalized spacial score (nSPS) is 38.8. The second-order valence-corrected chi connectivity index (χ2v) is 7.77. The number of hydrogen-bond acceptors (Lipinski definition) is 11. The summed E-state index contributed by atoms with van der Waals surface area (Å²) in [4.78, 5) is 46.7. The molecule has 0 aliphatic carbocycles. The van der Waals surface area contributed by atoms with Gasteiger partial charge in [0.05, 0.1) is 12.6 Å². The van der Waals surface area contributed by atoms with Gasteiger partial charge >= 0.3 is 5.97 Å². The van der Waals surface area contributed by atoms with Crippen molar-refractivity contribution in [3.8, 4) is 0 Å². The smallest absolute Gasteiger partial charge is 0.335 e. The Kier molecular flexibility index (Phi) is 9.07. The zero-order valence-electron chi connectivity index (χ0n) is 18.1. The molecule has 0 spiro atoms. The molecular weight excluding hydrogens is 450 g/mol. The Balaban J connectivity index is 2.45. The van der Waals surface area contributed by atoms with Crippen molar-refractivity contribution >= 4 is 23.7 Å². The molecule has 0 aromatic heterocycles. The van der Waals surface area contributed by atoms with Crippen LogP contribution in [0.15, 0.2) is 0 Å². The molecule has 10 atom stereocenters. The van der Waals surface area contributed by atoms with E-state index in [9.17, 15) is 44.7 Å². The third kappa shape index (κ3) is 6.35. The van der Waals surface area contributed by atoms with Crippen LogP contribution in [0, 0.1) is 0 Å². The van der Waals surface area contributed by atoms with Gasteiger partial charge < -0.3 is 55.7 Å². The molecule has 15 nitrogen and oxygen atoms in total. The summed E-state index contributed by atoms with van der Waals surface area (Å²) in [6, 6.07) is -4.13. The van der Waals surface area contributed by atoms with Crippen LogP contribution in [0.4, 0.5) is 0 Å². The first-order valence-electron chi connectivity index (χ1n) is 10.0. The van der Waals surface area contributed by atoms with Gasteiger partial charge in [0.15, 0.2) is 18.7 Å². The second-order valence-electron chi connectivity index (χ2n) is 7.77. The van der Waals surface area contributed by atoms with Gasteiger partial charge in [-0.2, -0.15) is 0 Å². The van der Waals surface area contributed by atoms with Gasteiger partial charge in [0.2, 0.25) is 17.7 Å². The highest BCUT2D eigenvalue weighted by Gasteiger charge is 2.53. The van der Waals surface area contributed by atoms with Crippen molar-refractivity contribution in [1.82, 2.24) is 16.0 Å². The Labute approximate surface area is 188 Å². The van der Waals surface area contributed by atoms with Crippen LogP contribution in [0.5, 0.6) is 0 Å². The number of aliphatic hydroxyl groups excluding tert-OH is 4. The Morgan fingerprint density at radius 3 is 1.82 bits per heavy atom. The molecule has 0 bridgehead atoms. The fourth-order valence-corrected chi connectivity index (χ4v) is 3.79. The fraction of sp³-hybridized carbons (Fsp3) is 0.778. The molecule has 2 saturated heterocycles. The van der Waals surface area contributed by atoms with Crippen LogP contribution in [-0.2, 0) is 33.4 Å². The standard InChI is InChI=1S/C18H29N3O12/c1-5(23)19-9-10(20-6(2)24)18(33-15(13(9)27)16(28)29)32-14-11(21-7(3)25)17(30)31-8(4-22)12(14)26/h8-15,17-18,22,26-27,30H,4H2,1-3H3,(H,19,23)(H,20,24)(H,21,25)(H,28,29)/t8-,9-,10-,11-,12-,13+,14-,15+,17+,18-/m1/s1. The van der Waals surface area contributed by atoms with E-state index in [-0.39, 0.29) is 0 Å². The zero-order valence-corrected chi connectivity index (χ0v) is 18.1. The van der Waals surface area contributed by atoms with Gasteiger partial charge in [-0.3, -0.25) is 14.4 Å². The lowest BCUT2D eigenvalue weighted by atomic mass is 9.92. The highest BCUT2D eigenvalue weighted by molar-refractivity contribution is 5.77. The van der Waals surface area contributed by atoms with E-state index >= 15 is 0 Å². The molecule has 2 aliphatic rings. The molecule has 8 N–H and O–H groups in total. The number of amides is 3. The summed E-state index contributed by atoms with van der Waals surface area (Å²) in [7, 11) is 0. The molecule has 15 heteroatoms. The molecule has 188 valence electrons. The monoisotopic (exact) mass is 479 g/mol. The number of ether oxygens (including phenoxy) is 3. The van der Waals surface area contributed by atoms with E-state index in [1.165, 1.54) is 0 Å². The molecule has 2 heterocycles. The third-order valence-electron chi connectivity index (χ3n) is 5.16. The van der Waals surface area contributed by atoms with Crippen LogP contribution >= 0.6 is 0 Å². The topological polar surface area (TPSA) is 233 Å². The van der Waals surface area contributed by atoms with Crippen LogP contribution in [0.25, 0.3) is 0 Å². The Morgan fingerprint density at radius 1 is 0.818 bits per heavy atom. The molecule has 0 aromatic carbocycles. The Bertz CT molecular complexity index is 751. The summed E-state index contributed by atoms with van der Waals surface area (Å²) in [5.41, 5.74) is 0. The summed E-state index contributed by atoms with van der Waals surface area (Å²) >= 11 is 0. The number of nitrogens with one attached hydrogen (secondary N) is 3.